The number of nitrogens with zero attached hydrogens (tertiary/aromatic N) is 5. The summed E-state index contributed by atoms with van der Waals surface area (Å²) in [5.41, 5.74) is 13.4. The molecular formula is C57H31N5O6+2. The molecule has 6 aliphatic heterocycles. The van der Waals surface area contributed by atoms with Gasteiger partial charge in [0.15, 0.2) is 5.71 Å². The zero-order valence-electron chi connectivity index (χ0n) is 35.5. The van der Waals surface area contributed by atoms with Crippen LogP contribution in [0.4, 0.5) is 5.82 Å². The minimum atomic E-state index is -1.26. The summed E-state index contributed by atoms with van der Waals surface area (Å²) in [5.74, 6) is -1.31. The molecular weight excluding hydrogens is 851 g/mol. The lowest BCUT2D eigenvalue weighted by Gasteiger charge is -2.41. The van der Waals surface area contributed by atoms with Crippen LogP contribution in [0.1, 0.15) is 65.4 Å². The highest BCUT2D eigenvalue weighted by molar-refractivity contribution is 6.38. The van der Waals surface area contributed by atoms with Crippen LogP contribution >= 0.6 is 0 Å². The van der Waals surface area contributed by atoms with Crippen LogP contribution in [0.3, 0.4) is 0 Å². The monoisotopic (exact) mass is 881 g/mol. The summed E-state index contributed by atoms with van der Waals surface area (Å²) >= 11 is 0. The van der Waals surface area contributed by atoms with Crippen molar-refractivity contribution in [1.82, 2.24) is 9.13 Å². The standard InChI is InChI=1S/C57H29N5O6/c63-29-68-35-27-25-32(26-28-35)46-50-39-12-4-2-10-37(39)48-44(30-17-21-33(22-18-30)55(64)65)47-36-9-1-3-11-38(36)49-45(31-19-23-34(24-20-31)56(66)67)51-40-13-5-7-15-42(40)53-58-54-43-16-8-6-14-41(43)52(46)62(54)57(59(47)49,60(48)50)61(51)53/h1-29H/p+2. The fraction of sp³-hybridized carbons (Fsp3) is 0.0175. The summed E-state index contributed by atoms with van der Waals surface area (Å²) in [5, 5.41) is 26.1. The number of aromatic nitrogens is 2. The second-order valence-corrected chi connectivity index (χ2v) is 17.6. The van der Waals surface area contributed by atoms with Gasteiger partial charge in [0.25, 0.3) is 12.3 Å². The highest BCUT2D eigenvalue weighted by Crippen LogP contribution is 2.58. The smallest absolute Gasteiger partial charge is 0.478 e. The molecule has 0 radical (unpaired) electrons. The first-order chi connectivity index (χ1) is 33.4. The van der Waals surface area contributed by atoms with Gasteiger partial charge < -0.3 is 14.9 Å². The third kappa shape index (κ3) is 4.21. The second kappa shape index (κ2) is 12.7. The lowest BCUT2D eigenvalue weighted by molar-refractivity contribution is -0.797. The van der Waals surface area contributed by atoms with Crippen molar-refractivity contribution >= 4 is 85.4 Å². The van der Waals surface area contributed by atoms with Gasteiger partial charge in [-0.05, 0) is 88.4 Å². The van der Waals surface area contributed by atoms with E-state index in [0.29, 0.717) is 12.2 Å². The van der Waals surface area contributed by atoms with Gasteiger partial charge in [0.2, 0.25) is 11.4 Å². The predicted molar refractivity (Wildman–Crippen MR) is 255 cm³/mol. The lowest BCUT2D eigenvalue weighted by Crippen LogP contribution is -2.71. The van der Waals surface area contributed by atoms with Gasteiger partial charge in [-0.25, -0.2) is 14.2 Å². The largest absolute Gasteiger partial charge is 0.499 e. The number of rotatable bonds is 7. The van der Waals surface area contributed by atoms with Crippen LogP contribution in [-0.4, -0.2) is 64.2 Å². The SMILES string of the molecule is O=COc1ccc(C2=c3c4ccccc4c4n3C35n6c(c7ccccc7c6C(c6ccc(C(=O)O)cc6)=C6c7ccccc7C(=[N+]63)C=4c3ccc(C(=O)O)cc3)N=C3c4ccccc4C2=[N+]35)cc1. The third-order valence-electron chi connectivity index (χ3n) is 14.5. The molecule has 9 aromatic rings. The molecule has 0 amide bonds. The summed E-state index contributed by atoms with van der Waals surface area (Å²) in [6, 6.07) is 55.8. The average Bonchev–Trinajstić information content (AvgIpc) is 4.11. The van der Waals surface area contributed by atoms with Crippen LogP contribution in [-0.2, 0) is 10.7 Å². The number of carboxylic acids is 2. The van der Waals surface area contributed by atoms with Gasteiger partial charge in [0.05, 0.1) is 66.3 Å². The van der Waals surface area contributed by atoms with E-state index in [1.54, 1.807) is 24.3 Å². The number of fused-ring (bicyclic) bond motifs is 12. The molecule has 318 valence electrons. The number of benzene rings is 7. The van der Waals surface area contributed by atoms with Gasteiger partial charge in [0.1, 0.15) is 5.75 Å². The van der Waals surface area contributed by atoms with Crippen molar-refractivity contribution in [3.05, 3.63) is 236 Å². The Morgan fingerprint density at radius 1 is 0.515 bits per heavy atom. The first kappa shape index (κ1) is 36.8. The maximum absolute atomic E-state index is 12.4. The summed E-state index contributed by atoms with van der Waals surface area (Å²) in [6.45, 7) is 0.434. The predicted octanol–water partition coefficient (Wildman–Crippen LogP) is 7.72. The summed E-state index contributed by atoms with van der Waals surface area (Å²) in [6.07, 6.45) is 0. The van der Waals surface area contributed by atoms with E-state index in [9.17, 15) is 24.6 Å². The Bertz CT molecular complexity index is 4220. The molecule has 0 aliphatic carbocycles. The number of hydrogen-bond donors (Lipinski definition) is 2. The fourth-order valence-electron chi connectivity index (χ4n) is 12.0. The average molecular weight is 882 g/mol. The molecule has 15 rings (SSSR count). The van der Waals surface area contributed by atoms with Crippen molar-refractivity contribution < 1.29 is 38.5 Å². The van der Waals surface area contributed by atoms with Gasteiger partial charge in [-0.3, -0.25) is 4.79 Å². The number of aliphatic imine (C=N–C) groups is 1. The maximum atomic E-state index is 12.4. The summed E-state index contributed by atoms with van der Waals surface area (Å²) in [7, 11) is 0. The third-order valence-corrected chi connectivity index (χ3v) is 14.5. The van der Waals surface area contributed by atoms with E-state index in [2.05, 4.69) is 115 Å². The molecule has 0 fully saturated rings. The van der Waals surface area contributed by atoms with Crippen LogP contribution in [0.5, 0.6) is 5.75 Å². The van der Waals surface area contributed by atoms with Gasteiger partial charge in [0, 0.05) is 21.7 Å². The van der Waals surface area contributed by atoms with Crippen LogP contribution in [0.25, 0.3) is 44.0 Å². The van der Waals surface area contributed by atoms with Crippen LogP contribution in [0.2, 0.25) is 0 Å². The van der Waals surface area contributed by atoms with E-state index in [-0.39, 0.29) is 11.1 Å². The zero-order chi connectivity index (χ0) is 45.3. The topological polar surface area (TPSA) is 129 Å². The molecule has 11 nitrogen and oxygen atoms in total. The second-order valence-electron chi connectivity index (χ2n) is 17.6. The van der Waals surface area contributed by atoms with Crippen molar-refractivity contribution in [3.63, 3.8) is 0 Å². The molecule has 2 aromatic heterocycles. The molecule has 1 unspecified atom stereocenters. The van der Waals surface area contributed by atoms with E-state index in [1.165, 1.54) is 0 Å². The van der Waals surface area contributed by atoms with E-state index in [0.717, 1.165) is 122 Å². The minimum Gasteiger partial charge on any atom is -0.478 e. The minimum absolute atomic E-state index is 0.180. The fourth-order valence-corrected chi connectivity index (χ4v) is 12.0. The Kier molecular flexibility index (Phi) is 6.85. The van der Waals surface area contributed by atoms with Crippen molar-refractivity contribution in [1.29, 1.82) is 0 Å². The Labute approximate surface area is 384 Å². The van der Waals surface area contributed by atoms with Crippen LogP contribution in [0.15, 0.2) is 175 Å². The quantitative estimate of drug-likeness (QED) is 0.125. The van der Waals surface area contributed by atoms with Crippen molar-refractivity contribution in [2.24, 2.45) is 4.99 Å². The molecule has 68 heavy (non-hydrogen) atoms. The molecule has 6 aliphatic rings. The molecule has 1 spiro atoms. The van der Waals surface area contributed by atoms with E-state index in [4.69, 9.17) is 9.73 Å². The number of carbonyl (C=O) groups excluding carboxylic acids is 1. The van der Waals surface area contributed by atoms with Crippen LogP contribution in [0, 0.1) is 0 Å². The number of aromatic carboxylic acids is 2. The molecule has 1 atom stereocenters. The Morgan fingerprint density at radius 2 is 0.985 bits per heavy atom. The molecule has 0 saturated carbocycles. The lowest BCUT2D eigenvalue weighted by atomic mass is 9.90. The van der Waals surface area contributed by atoms with Crippen molar-refractivity contribution in [2.45, 2.75) is 5.91 Å². The van der Waals surface area contributed by atoms with Gasteiger partial charge in [-0.2, -0.15) is 4.57 Å². The van der Waals surface area contributed by atoms with Crippen molar-refractivity contribution in [3.8, 4) is 5.75 Å². The first-order valence-corrected chi connectivity index (χ1v) is 22.2. The first-order valence-electron chi connectivity index (χ1n) is 22.2. The molecule has 0 bridgehead atoms. The Morgan fingerprint density at radius 3 is 1.56 bits per heavy atom. The van der Waals surface area contributed by atoms with Gasteiger partial charge in [-0.15, -0.1) is 9.15 Å². The molecule has 0 saturated heterocycles. The molecule has 8 heterocycles. The summed E-state index contributed by atoms with van der Waals surface area (Å²) in [4.78, 5) is 42.1. The van der Waals surface area contributed by atoms with E-state index < -0.39 is 17.8 Å². The number of hydrogen-bond acceptors (Lipinski definition) is 5. The molecule has 2 N–H and O–H groups in total. The van der Waals surface area contributed by atoms with Crippen molar-refractivity contribution in [2.75, 3.05) is 0 Å². The maximum Gasteiger partial charge on any atom is 0.499 e. The highest BCUT2D eigenvalue weighted by atomic mass is 16.5. The van der Waals surface area contributed by atoms with Gasteiger partial charge in [-0.1, -0.05) is 103 Å². The number of ether oxygens (including phenoxy) is 1. The molecule has 7 aromatic carbocycles. The van der Waals surface area contributed by atoms with Gasteiger partial charge >= 0.3 is 23.7 Å². The Balaban J connectivity index is 1.26. The van der Waals surface area contributed by atoms with Crippen LogP contribution < -0.4 is 15.4 Å². The number of amidine groups is 1. The number of carboxylic acid groups (broad SMARTS) is 2. The number of carbonyl (C=O) groups is 3. The zero-order valence-corrected chi connectivity index (χ0v) is 35.5. The van der Waals surface area contributed by atoms with E-state index in [1.807, 2.05) is 48.5 Å². The normalized spacial score (nSPS) is 17.3. The molecule has 11 heteroatoms. The highest BCUT2D eigenvalue weighted by Gasteiger charge is 2.74. The van der Waals surface area contributed by atoms with E-state index >= 15 is 0 Å². The summed E-state index contributed by atoms with van der Waals surface area (Å²) < 4.78 is 15.2. The Hall–Kier alpha value is -9.48.